The molecule has 106 valence electrons. The Morgan fingerprint density at radius 3 is 2.50 bits per heavy atom. The number of para-hydroxylation sites is 1. The molecule has 3 heteroatoms. The molecule has 2 N–H and O–H groups in total. The average molecular weight is 290 g/mol. The van der Waals surface area contributed by atoms with E-state index >= 15 is 0 Å². The Morgan fingerprint density at radius 1 is 0.950 bits per heavy atom. The fourth-order valence-corrected chi connectivity index (χ4v) is 2.41. The molecular weight excluding hydrogens is 270 g/mol. The highest BCUT2D eigenvalue weighted by atomic mass is 35.5. The van der Waals surface area contributed by atoms with E-state index in [1.165, 1.54) is 5.56 Å². The third-order valence-electron chi connectivity index (χ3n) is 3.16. The molecule has 0 saturated carbocycles. The molecule has 0 aliphatic heterocycles. The molecule has 0 spiro atoms. The van der Waals surface area contributed by atoms with E-state index in [4.69, 9.17) is 22.1 Å². The van der Waals surface area contributed by atoms with Crippen LogP contribution >= 0.6 is 11.6 Å². The molecule has 0 bridgehead atoms. The van der Waals surface area contributed by atoms with Gasteiger partial charge in [0, 0.05) is 0 Å². The van der Waals surface area contributed by atoms with Gasteiger partial charge < -0.3 is 10.5 Å². The van der Waals surface area contributed by atoms with Crippen LogP contribution in [0.25, 0.3) is 0 Å². The Bertz CT molecular complexity index is 528. The van der Waals surface area contributed by atoms with Crippen molar-refractivity contribution < 1.29 is 4.74 Å². The van der Waals surface area contributed by atoms with Crippen molar-refractivity contribution in [3.8, 4) is 5.75 Å². The third-order valence-corrected chi connectivity index (χ3v) is 3.46. The Hall–Kier alpha value is -1.51. The summed E-state index contributed by atoms with van der Waals surface area (Å²) in [6.07, 6.45) is 2.77. The lowest BCUT2D eigenvalue weighted by molar-refractivity contribution is 0.308. The van der Waals surface area contributed by atoms with Crippen molar-refractivity contribution in [2.24, 2.45) is 5.73 Å². The van der Waals surface area contributed by atoms with Gasteiger partial charge in [-0.05, 0) is 43.0 Å². The van der Waals surface area contributed by atoms with Gasteiger partial charge in [-0.15, -0.1) is 0 Å². The van der Waals surface area contributed by atoms with Crippen molar-refractivity contribution in [2.75, 3.05) is 13.2 Å². The molecule has 0 atom stereocenters. The molecule has 0 unspecified atom stereocenters. The SMILES string of the molecule is NCCc1cccc(Cl)c1OCCCc1ccccc1. The Morgan fingerprint density at radius 2 is 1.75 bits per heavy atom. The fraction of sp³-hybridized carbons (Fsp3) is 0.294. The predicted octanol–water partition coefficient (Wildman–Crippen LogP) is 3.85. The minimum Gasteiger partial charge on any atom is -0.492 e. The summed E-state index contributed by atoms with van der Waals surface area (Å²) in [5.41, 5.74) is 8.03. The van der Waals surface area contributed by atoms with Gasteiger partial charge in [0.05, 0.1) is 11.6 Å². The van der Waals surface area contributed by atoms with E-state index in [0.717, 1.165) is 30.6 Å². The Balaban J connectivity index is 1.87. The van der Waals surface area contributed by atoms with Gasteiger partial charge in [-0.3, -0.25) is 0 Å². The van der Waals surface area contributed by atoms with Gasteiger partial charge in [-0.1, -0.05) is 54.1 Å². The fourth-order valence-electron chi connectivity index (χ4n) is 2.16. The summed E-state index contributed by atoms with van der Waals surface area (Å²) in [4.78, 5) is 0. The lowest BCUT2D eigenvalue weighted by Gasteiger charge is -2.12. The first-order valence-corrected chi connectivity index (χ1v) is 7.33. The van der Waals surface area contributed by atoms with Crippen LogP contribution in [0, 0.1) is 0 Å². The van der Waals surface area contributed by atoms with Crippen LogP contribution in [0.5, 0.6) is 5.75 Å². The van der Waals surface area contributed by atoms with Crippen LogP contribution in [0.3, 0.4) is 0 Å². The van der Waals surface area contributed by atoms with Gasteiger partial charge in [0.25, 0.3) is 0 Å². The minimum atomic E-state index is 0.598. The number of nitrogens with two attached hydrogens (primary N) is 1. The summed E-state index contributed by atoms with van der Waals surface area (Å²) in [5.74, 6) is 0.785. The maximum atomic E-state index is 6.20. The van der Waals surface area contributed by atoms with E-state index < -0.39 is 0 Å². The second-order valence-electron chi connectivity index (χ2n) is 4.70. The summed E-state index contributed by atoms with van der Waals surface area (Å²) < 4.78 is 5.85. The first kappa shape index (κ1) is 14.9. The van der Waals surface area contributed by atoms with Crippen LogP contribution in [0.1, 0.15) is 17.5 Å². The van der Waals surface area contributed by atoms with E-state index in [2.05, 4.69) is 24.3 Å². The first-order valence-electron chi connectivity index (χ1n) is 6.95. The van der Waals surface area contributed by atoms with Crippen molar-refractivity contribution in [2.45, 2.75) is 19.3 Å². The standard InChI is InChI=1S/C17H20ClNO/c18-16-10-4-9-15(11-12-19)17(16)20-13-5-8-14-6-2-1-3-7-14/h1-4,6-7,9-10H,5,8,11-13,19H2. The molecule has 0 aliphatic carbocycles. The molecule has 0 aliphatic rings. The quantitative estimate of drug-likeness (QED) is 0.786. The number of benzene rings is 2. The number of hydrogen-bond donors (Lipinski definition) is 1. The number of hydrogen-bond acceptors (Lipinski definition) is 2. The van der Waals surface area contributed by atoms with Gasteiger partial charge in [-0.25, -0.2) is 0 Å². The monoisotopic (exact) mass is 289 g/mol. The zero-order valence-corrected chi connectivity index (χ0v) is 12.3. The Kier molecular flexibility index (Phi) is 5.90. The molecule has 0 saturated heterocycles. The van der Waals surface area contributed by atoms with Crippen LogP contribution in [0.2, 0.25) is 5.02 Å². The second kappa shape index (κ2) is 7.93. The second-order valence-corrected chi connectivity index (χ2v) is 5.11. The van der Waals surface area contributed by atoms with Gasteiger partial charge >= 0.3 is 0 Å². The maximum absolute atomic E-state index is 6.20. The zero-order valence-electron chi connectivity index (χ0n) is 11.5. The van der Waals surface area contributed by atoms with Crippen LogP contribution in [-0.2, 0) is 12.8 Å². The molecule has 0 heterocycles. The van der Waals surface area contributed by atoms with Crippen molar-refractivity contribution in [1.82, 2.24) is 0 Å². The molecular formula is C17H20ClNO. The normalized spacial score (nSPS) is 10.5. The highest BCUT2D eigenvalue weighted by Crippen LogP contribution is 2.29. The molecule has 2 aromatic rings. The van der Waals surface area contributed by atoms with Crippen LogP contribution in [0.4, 0.5) is 0 Å². The summed E-state index contributed by atoms with van der Waals surface area (Å²) >= 11 is 6.20. The largest absolute Gasteiger partial charge is 0.492 e. The van der Waals surface area contributed by atoms with Gasteiger partial charge in [-0.2, -0.15) is 0 Å². The summed E-state index contributed by atoms with van der Waals surface area (Å²) in [5, 5.41) is 0.663. The summed E-state index contributed by atoms with van der Waals surface area (Å²) in [7, 11) is 0. The predicted molar refractivity (Wildman–Crippen MR) is 84.5 cm³/mol. The van der Waals surface area contributed by atoms with Crippen molar-refractivity contribution in [3.63, 3.8) is 0 Å². The maximum Gasteiger partial charge on any atom is 0.141 e. The molecule has 0 fully saturated rings. The van der Waals surface area contributed by atoms with Crippen molar-refractivity contribution >= 4 is 11.6 Å². The molecule has 2 aromatic carbocycles. The molecule has 2 nitrogen and oxygen atoms in total. The molecule has 20 heavy (non-hydrogen) atoms. The van der Waals surface area contributed by atoms with Crippen molar-refractivity contribution in [1.29, 1.82) is 0 Å². The molecule has 0 radical (unpaired) electrons. The topological polar surface area (TPSA) is 35.2 Å². The van der Waals surface area contributed by atoms with E-state index in [1.54, 1.807) is 0 Å². The first-order chi connectivity index (χ1) is 9.81. The highest BCUT2D eigenvalue weighted by Gasteiger charge is 2.07. The smallest absolute Gasteiger partial charge is 0.141 e. The molecule has 0 aromatic heterocycles. The summed E-state index contributed by atoms with van der Waals surface area (Å²) in [6, 6.07) is 16.2. The number of rotatable bonds is 7. The van der Waals surface area contributed by atoms with Gasteiger partial charge in [0.15, 0.2) is 0 Å². The lowest BCUT2D eigenvalue weighted by Crippen LogP contribution is -2.07. The minimum absolute atomic E-state index is 0.598. The van der Waals surface area contributed by atoms with E-state index in [-0.39, 0.29) is 0 Å². The van der Waals surface area contributed by atoms with Crippen LogP contribution in [0.15, 0.2) is 48.5 Å². The zero-order chi connectivity index (χ0) is 14.2. The third kappa shape index (κ3) is 4.26. The van der Waals surface area contributed by atoms with E-state index in [1.807, 2.05) is 24.3 Å². The van der Waals surface area contributed by atoms with Crippen molar-refractivity contribution in [3.05, 3.63) is 64.7 Å². The number of ether oxygens (including phenoxy) is 1. The van der Waals surface area contributed by atoms with E-state index in [0.29, 0.717) is 18.2 Å². The lowest BCUT2D eigenvalue weighted by atomic mass is 10.1. The van der Waals surface area contributed by atoms with Crippen LogP contribution in [-0.4, -0.2) is 13.2 Å². The van der Waals surface area contributed by atoms with Gasteiger partial charge in [0.1, 0.15) is 5.75 Å². The van der Waals surface area contributed by atoms with Gasteiger partial charge in [0.2, 0.25) is 0 Å². The average Bonchev–Trinajstić information content (AvgIpc) is 2.47. The highest BCUT2D eigenvalue weighted by molar-refractivity contribution is 6.32. The molecule has 0 amide bonds. The molecule has 2 rings (SSSR count). The summed E-state index contributed by atoms with van der Waals surface area (Å²) in [6.45, 7) is 1.26. The van der Waals surface area contributed by atoms with E-state index in [9.17, 15) is 0 Å². The number of halogens is 1. The van der Waals surface area contributed by atoms with Crippen LogP contribution < -0.4 is 10.5 Å². The Labute approximate surface area is 125 Å². The number of aryl methyl sites for hydroxylation is 1.